The number of amides is 1. The Hall–Kier alpha value is -3.00. The fourth-order valence-electron chi connectivity index (χ4n) is 3.36. The summed E-state index contributed by atoms with van der Waals surface area (Å²) in [6.07, 6.45) is 0.567. The van der Waals surface area contributed by atoms with E-state index in [4.69, 9.17) is 5.10 Å². The molecule has 8 nitrogen and oxygen atoms in total. The third-order valence-electron chi connectivity index (χ3n) is 5.06. The molecular formula is C20H25N7O. The molecule has 0 bridgehead atoms. The van der Waals surface area contributed by atoms with Crippen molar-refractivity contribution in [3.8, 4) is 0 Å². The van der Waals surface area contributed by atoms with Crippen molar-refractivity contribution in [1.82, 2.24) is 30.0 Å². The number of carbonyl (C=O) groups is 1. The molecule has 4 rings (SSSR count). The number of nitrogens with zero attached hydrogens (tertiary/aromatic N) is 6. The van der Waals surface area contributed by atoms with Gasteiger partial charge in [0.2, 0.25) is 0 Å². The molecule has 1 amide bonds. The van der Waals surface area contributed by atoms with E-state index in [2.05, 4.69) is 32.4 Å². The lowest BCUT2D eigenvalue weighted by atomic mass is 10.1. The average molecular weight is 379 g/mol. The summed E-state index contributed by atoms with van der Waals surface area (Å²) in [6, 6.07) is 11.5. The number of hydrogen-bond acceptors (Lipinski definition) is 6. The molecule has 0 aliphatic carbocycles. The van der Waals surface area contributed by atoms with Gasteiger partial charge in [0.25, 0.3) is 5.91 Å². The van der Waals surface area contributed by atoms with E-state index in [1.165, 1.54) is 0 Å². The maximum absolute atomic E-state index is 12.3. The first-order valence-electron chi connectivity index (χ1n) is 9.60. The van der Waals surface area contributed by atoms with Crippen LogP contribution < -0.4 is 10.2 Å². The monoisotopic (exact) mass is 379 g/mol. The van der Waals surface area contributed by atoms with Crippen LogP contribution in [0, 0.1) is 6.92 Å². The van der Waals surface area contributed by atoms with E-state index in [1.54, 1.807) is 4.52 Å². The third-order valence-corrected chi connectivity index (χ3v) is 5.06. The van der Waals surface area contributed by atoms with Crippen LogP contribution in [-0.2, 0) is 6.42 Å². The number of carbonyl (C=O) groups excluding carboxylic acids is 1. The molecule has 0 spiro atoms. The number of likely N-dealkylation sites (N-methyl/N-ethyl adjacent to an activating group) is 1. The van der Waals surface area contributed by atoms with Crippen molar-refractivity contribution >= 4 is 17.4 Å². The minimum absolute atomic E-state index is 0.0800. The van der Waals surface area contributed by atoms with Crippen LogP contribution in [0.5, 0.6) is 0 Å². The number of aromatic nitrogens is 4. The second kappa shape index (κ2) is 7.93. The lowest BCUT2D eigenvalue weighted by Gasteiger charge is -2.33. The summed E-state index contributed by atoms with van der Waals surface area (Å²) in [5.74, 6) is 1.60. The highest BCUT2D eigenvalue weighted by molar-refractivity contribution is 5.94. The standard InChI is InChI=1S/C20H25N7O/c1-15-4-3-5-16(14-15)20(28)21-9-8-18-23-22-17-6-7-19(24-27(17)18)26-12-10-25(2)11-13-26/h3-7,14H,8-13H2,1-2H3,(H,21,28). The zero-order chi connectivity index (χ0) is 19.5. The maximum atomic E-state index is 12.3. The second-order valence-corrected chi connectivity index (χ2v) is 7.24. The molecule has 1 aliphatic heterocycles. The Morgan fingerprint density at radius 3 is 2.71 bits per heavy atom. The van der Waals surface area contributed by atoms with Gasteiger partial charge in [-0.3, -0.25) is 4.79 Å². The number of aryl methyl sites for hydroxylation is 1. The number of piperazine rings is 1. The van der Waals surface area contributed by atoms with Crippen molar-refractivity contribution in [2.24, 2.45) is 0 Å². The molecule has 0 saturated carbocycles. The van der Waals surface area contributed by atoms with Crippen LogP contribution in [0.3, 0.4) is 0 Å². The number of nitrogens with one attached hydrogen (secondary N) is 1. The number of anilines is 1. The van der Waals surface area contributed by atoms with Gasteiger partial charge in [-0.25, -0.2) is 0 Å². The molecule has 3 heterocycles. The van der Waals surface area contributed by atoms with Gasteiger partial charge < -0.3 is 15.1 Å². The summed E-state index contributed by atoms with van der Waals surface area (Å²) in [7, 11) is 2.14. The molecule has 1 saturated heterocycles. The molecule has 1 fully saturated rings. The topological polar surface area (TPSA) is 78.7 Å². The minimum atomic E-state index is -0.0800. The Kier molecular flexibility index (Phi) is 5.21. The predicted molar refractivity (Wildman–Crippen MR) is 108 cm³/mol. The van der Waals surface area contributed by atoms with Gasteiger partial charge in [-0.05, 0) is 38.2 Å². The average Bonchev–Trinajstić information content (AvgIpc) is 3.11. The Morgan fingerprint density at radius 1 is 1.11 bits per heavy atom. The lowest BCUT2D eigenvalue weighted by Crippen LogP contribution is -2.45. The zero-order valence-electron chi connectivity index (χ0n) is 16.3. The van der Waals surface area contributed by atoms with E-state index in [-0.39, 0.29) is 5.91 Å². The molecule has 8 heteroatoms. The molecule has 3 aromatic rings. The van der Waals surface area contributed by atoms with Crippen molar-refractivity contribution in [2.75, 3.05) is 44.7 Å². The lowest BCUT2D eigenvalue weighted by molar-refractivity contribution is 0.0954. The molecule has 1 aliphatic rings. The van der Waals surface area contributed by atoms with Crippen LogP contribution in [0.25, 0.3) is 5.65 Å². The highest BCUT2D eigenvalue weighted by atomic mass is 16.1. The first kappa shape index (κ1) is 18.4. The summed E-state index contributed by atoms with van der Waals surface area (Å²) in [4.78, 5) is 16.9. The Balaban J connectivity index is 1.42. The van der Waals surface area contributed by atoms with Gasteiger partial charge in [0, 0.05) is 44.7 Å². The van der Waals surface area contributed by atoms with E-state index in [1.807, 2.05) is 43.3 Å². The normalized spacial score (nSPS) is 15.1. The number of benzene rings is 1. The molecule has 1 N–H and O–H groups in total. The number of fused-ring (bicyclic) bond motifs is 1. The quantitative estimate of drug-likeness (QED) is 0.717. The first-order valence-corrected chi connectivity index (χ1v) is 9.60. The van der Waals surface area contributed by atoms with Gasteiger partial charge in [-0.1, -0.05) is 17.7 Å². The molecule has 146 valence electrons. The van der Waals surface area contributed by atoms with Crippen molar-refractivity contribution in [1.29, 1.82) is 0 Å². The number of rotatable bonds is 5. The third kappa shape index (κ3) is 3.96. The predicted octanol–water partition coefficient (Wildman–Crippen LogP) is 1.16. The molecule has 28 heavy (non-hydrogen) atoms. The van der Waals surface area contributed by atoms with Crippen LogP contribution in [0.4, 0.5) is 5.82 Å². The van der Waals surface area contributed by atoms with E-state index in [0.29, 0.717) is 18.5 Å². The van der Waals surface area contributed by atoms with Crippen LogP contribution in [-0.4, -0.2) is 70.4 Å². The Morgan fingerprint density at radius 2 is 1.93 bits per heavy atom. The molecule has 0 radical (unpaired) electrons. The maximum Gasteiger partial charge on any atom is 0.251 e. The van der Waals surface area contributed by atoms with Gasteiger partial charge in [0.1, 0.15) is 5.82 Å². The van der Waals surface area contributed by atoms with Gasteiger partial charge in [0.15, 0.2) is 11.5 Å². The smallest absolute Gasteiger partial charge is 0.251 e. The van der Waals surface area contributed by atoms with Crippen molar-refractivity contribution in [3.63, 3.8) is 0 Å². The van der Waals surface area contributed by atoms with Crippen LogP contribution in [0.15, 0.2) is 36.4 Å². The Labute approximate surface area is 164 Å². The minimum Gasteiger partial charge on any atom is -0.353 e. The molecule has 1 aromatic carbocycles. The van der Waals surface area contributed by atoms with E-state index >= 15 is 0 Å². The van der Waals surface area contributed by atoms with E-state index in [0.717, 1.165) is 49.0 Å². The fraction of sp³-hybridized carbons (Fsp3) is 0.400. The van der Waals surface area contributed by atoms with Gasteiger partial charge in [-0.2, -0.15) is 4.52 Å². The van der Waals surface area contributed by atoms with Gasteiger partial charge in [-0.15, -0.1) is 15.3 Å². The summed E-state index contributed by atoms with van der Waals surface area (Å²) in [5.41, 5.74) is 2.45. The summed E-state index contributed by atoms with van der Waals surface area (Å²) in [6.45, 7) is 6.42. The zero-order valence-corrected chi connectivity index (χ0v) is 16.3. The molecule has 0 atom stereocenters. The largest absolute Gasteiger partial charge is 0.353 e. The second-order valence-electron chi connectivity index (χ2n) is 7.24. The Bertz CT molecular complexity index is 976. The van der Waals surface area contributed by atoms with Crippen LogP contribution in [0.1, 0.15) is 21.7 Å². The fourth-order valence-corrected chi connectivity index (χ4v) is 3.36. The summed E-state index contributed by atoms with van der Waals surface area (Å²) < 4.78 is 1.78. The highest BCUT2D eigenvalue weighted by Crippen LogP contribution is 2.14. The summed E-state index contributed by atoms with van der Waals surface area (Å²) in [5, 5.41) is 16.1. The van der Waals surface area contributed by atoms with Crippen LogP contribution >= 0.6 is 0 Å². The number of hydrogen-bond donors (Lipinski definition) is 1. The molecule has 2 aromatic heterocycles. The first-order chi connectivity index (χ1) is 13.6. The van der Waals surface area contributed by atoms with E-state index in [9.17, 15) is 4.79 Å². The van der Waals surface area contributed by atoms with Gasteiger partial charge in [0.05, 0.1) is 0 Å². The van der Waals surface area contributed by atoms with Crippen molar-refractivity contribution in [2.45, 2.75) is 13.3 Å². The van der Waals surface area contributed by atoms with Crippen molar-refractivity contribution in [3.05, 3.63) is 53.3 Å². The highest BCUT2D eigenvalue weighted by Gasteiger charge is 2.17. The van der Waals surface area contributed by atoms with E-state index < -0.39 is 0 Å². The SMILES string of the molecule is Cc1cccc(C(=O)NCCc2nnc3ccc(N4CCN(C)CC4)nn23)c1. The molecule has 0 unspecified atom stereocenters. The van der Waals surface area contributed by atoms with Crippen molar-refractivity contribution < 1.29 is 4.79 Å². The molecular weight excluding hydrogens is 354 g/mol. The van der Waals surface area contributed by atoms with Crippen LogP contribution in [0.2, 0.25) is 0 Å². The van der Waals surface area contributed by atoms with Gasteiger partial charge >= 0.3 is 0 Å². The summed E-state index contributed by atoms with van der Waals surface area (Å²) >= 11 is 0.